The SMILES string of the molecule is CC(c1ccc(CCCCCC(F)(F)F)s1)N(O)C(N)=O. The van der Waals surface area contributed by atoms with Gasteiger partial charge in [-0.15, -0.1) is 11.3 Å². The summed E-state index contributed by atoms with van der Waals surface area (Å²) in [6.45, 7) is 1.64. The second-order valence-electron chi connectivity index (χ2n) is 4.84. The Morgan fingerprint density at radius 3 is 2.62 bits per heavy atom. The van der Waals surface area contributed by atoms with Gasteiger partial charge in [0.25, 0.3) is 0 Å². The van der Waals surface area contributed by atoms with Crippen molar-refractivity contribution in [3.8, 4) is 0 Å². The average Bonchev–Trinajstić information content (AvgIpc) is 2.83. The van der Waals surface area contributed by atoms with Gasteiger partial charge in [0.2, 0.25) is 0 Å². The topological polar surface area (TPSA) is 66.6 Å². The summed E-state index contributed by atoms with van der Waals surface area (Å²) in [5.74, 6) is 0. The normalized spacial score (nSPS) is 13.2. The number of carbonyl (C=O) groups excluding carboxylic acids is 1. The van der Waals surface area contributed by atoms with Crippen LogP contribution in [0.25, 0.3) is 0 Å². The van der Waals surface area contributed by atoms with E-state index in [1.807, 2.05) is 6.07 Å². The van der Waals surface area contributed by atoms with Crippen LogP contribution in [0.15, 0.2) is 12.1 Å². The molecule has 0 aromatic carbocycles. The van der Waals surface area contributed by atoms with Gasteiger partial charge < -0.3 is 5.73 Å². The molecule has 120 valence electrons. The number of hydroxylamine groups is 2. The van der Waals surface area contributed by atoms with E-state index >= 15 is 0 Å². The molecular formula is C13H19F3N2O2S. The fourth-order valence-corrected chi connectivity index (χ4v) is 2.96. The van der Waals surface area contributed by atoms with Crippen LogP contribution in [0.3, 0.4) is 0 Å². The van der Waals surface area contributed by atoms with Crippen molar-refractivity contribution in [3.63, 3.8) is 0 Å². The smallest absolute Gasteiger partial charge is 0.350 e. The third-order valence-electron chi connectivity index (χ3n) is 3.07. The number of halogens is 3. The van der Waals surface area contributed by atoms with E-state index in [2.05, 4.69) is 0 Å². The van der Waals surface area contributed by atoms with E-state index in [1.165, 1.54) is 11.3 Å². The molecule has 0 radical (unpaired) electrons. The van der Waals surface area contributed by atoms with Crippen molar-refractivity contribution >= 4 is 17.4 Å². The molecule has 4 nitrogen and oxygen atoms in total. The lowest BCUT2D eigenvalue weighted by atomic mass is 10.1. The molecule has 1 aromatic heterocycles. The predicted molar refractivity (Wildman–Crippen MR) is 74.2 cm³/mol. The fourth-order valence-electron chi connectivity index (χ4n) is 1.87. The summed E-state index contributed by atoms with van der Waals surface area (Å²) >= 11 is 1.42. The zero-order valence-corrected chi connectivity index (χ0v) is 12.5. The molecular weight excluding hydrogens is 305 g/mol. The van der Waals surface area contributed by atoms with E-state index in [-0.39, 0.29) is 6.42 Å². The molecule has 0 bridgehead atoms. The highest BCUT2D eigenvalue weighted by atomic mass is 32.1. The standard InChI is InChI=1S/C13H19F3N2O2S/c1-9(18(20)12(17)19)11-7-6-10(21-11)5-3-2-4-8-13(14,15)16/h6-7,9,20H,2-5,8H2,1H3,(H2,17,19). The Hall–Kier alpha value is -1.28. The van der Waals surface area contributed by atoms with Crippen LogP contribution in [0.2, 0.25) is 0 Å². The number of thiophene rings is 1. The Morgan fingerprint density at radius 2 is 2.05 bits per heavy atom. The molecule has 2 amide bonds. The summed E-state index contributed by atoms with van der Waals surface area (Å²) < 4.78 is 35.9. The Bertz CT molecular complexity index is 463. The lowest BCUT2D eigenvalue weighted by Crippen LogP contribution is -2.34. The quantitative estimate of drug-likeness (QED) is 0.447. The number of alkyl halides is 3. The maximum atomic E-state index is 12.0. The van der Waals surface area contributed by atoms with E-state index in [0.29, 0.717) is 24.3 Å². The highest BCUT2D eigenvalue weighted by Crippen LogP contribution is 2.28. The van der Waals surface area contributed by atoms with Crippen molar-refractivity contribution in [1.29, 1.82) is 0 Å². The van der Waals surface area contributed by atoms with Gasteiger partial charge in [-0.1, -0.05) is 6.42 Å². The molecule has 0 saturated heterocycles. The number of amides is 2. The molecule has 1 rings (SSSR count). The Labute approximate surface area is 125 Å². The van der Waals surface area contributed by atoms with Crippen LogP contribution >= 0.6 is 11.3 Å². The molecule has 0 saturated carbocycles. The molecule has 8 heteroatoms. The van der Waals surface area contributed by atoms with E-state index < -0.39 is 24.7 Å². The van der Waals surface area contributed by atoms with Gasteiger partial charge >= 0.3 is 12.2 Å². The molecule has 0 aliphatic rings. The number of primary amides is 1. The Kier molecular flexibility index (Phi) is 6.47. The highest BCUT2D eigenvalue weighted by Gasteiger charge is 2.25. The van der Waals surface area contributed by atoms with Gasteiger partial charge in [-0.05, 0) is 38.3 Å². The third-order valence-corrected chi connectivity index (χ3v) is 4.39. The summed E-state index contributed by atoms with van der Waals surface area (Å²) in [5.41, 5.74) is 4.98. The zero-order chi connectivity index (χ0) is 16.0. The lowest BCUT2D eigenvalue weighted by Gasteiger charge is -2.18. The van der Waals surface area contributed by atoms with Crippen molar-refractivity contribution in [1.82, 2.24) is 5.06 Å². The van der Waals surface area contributed by atoms with E-state index in [4.69, 9.17) is 5.73 Å². The number of hydrogen-bond acceptors (Lipinski definition) is 3. The largest absolute Gasteiger partial charge is 0.389 e. The molecule has 21 heavy (non-hydrogen) atoms. The zero-order valence-electron chi connectivity index (χ0n) is 11.7. The number of rotatable bonds is 7. The average molecular weight is 324 g/mol. The number of urea groups is 1. The number of nitrogens with zero attached hydrogens (tertiary/aromatic N) is 1. The van der Waals surface area contributed by atoms with Crippen molar-refractivity contribution in [2.45, 2.75) is 51.2 Å². The number of unbranched alkanes of at least 4 members (excludes halogenated alkanes) is 2. The third kappa shape index (κ3) is 6.34. The van der Waals surface area contributed by atoms with E-state index in [1.54, 1.807) is 13.0 Å². The number of nitrogens with two attached hydrogens (primary N) is 1. The van der Waals surface area contributed by atoms with Crippen LogP contribution in [0.5, 0.6) is 0 Å². The van der Waals surface area contributed by atoms with Gasteiger partial charge in [0.05, 0.1) is 6.04 Å². The maximum Gasteiger partial charge on any atom is 0.389 e. The minimum Gasteiger partial charge on any atom is -0.350 e. The predicted octanol–water partition coefficient (Wildman–Crippen LogP) is 4.24. The van der Waals surface area contributed by atoms with Crippen LogP contribution in [0.1, 0.15) is 48.4 Å². The maximum absolute atomic E-state index is 12.0. The molecule has 3 N–H and O–H groups in total. The molecule has 1 heterocycles. The summed E-state index contributed by atoms with van der Waals surface area (Å²) in [5, 5.41) is 9.90. The van der Waals surface area contributed by atoms with Crippen molar-refractivity contribution in [3.05, 3.63) is 21.9 Å². The van der Waals surface area contributed by atoms with Crippen LogP contribution in [0, 0.1) is 0 Å². The van der Waals surface area contributed by atoms with Gasteiger partial charge in [0, 0.05) is 16.2 Å². The molecule has 0 aliphatic heterocycles. The van der Waals surface area contributed by atoms with Gasteiger partial charge in [-0.2, -0.15) is 18.2 Å². The second-order valence-corrected chi connectivity index (χ2v) is 6.04. The monoisotopic (exact) mass is 324 g/mol. The van der Waals surface area contributed by atoms with Crippen molar-refractivity contribution < 1.29 is 23.2 Å². The van der Waals surface area contributed by atoms with Crippen molar-refractivity contribution in [2.75, 3.05) is 0 Å². The molecule has 0 spiro atoms. The van der Waals surface area contributed by atoms with E-state index in [9.17, 15) is 23.2 Å². The molecule has 0 aliphatic carbocycles. The molecule has 1 aromatic rings. The van der Waals surface area contributed by atoms with Crippen LogP contribution in [-0.4, -0.2) is 22.5 Å². The van der Waals surface area contributed by atoms with Gasteiger partial charge in [0.15, 0.2) is 0 Å². The highest BCUT2D eigenvalue weighted by molar-refractivity contribution is 7.12. The Balaban J connectivity index is 2.37. The first-order valence-electron chi connectivity index (χ1n) is 6.63. The van der Waals surface area contributed by atoms with Gasteiger partial charge in [-0.3, -0.25) is 5.21 Å². The van der Waals surface area contributed by atoms with Crippen LogP contribution in [-0.2, 0) is 6.42 Å². The summed E-state index contributed by atoms with van der Waals surface area (Å²) in [7, 11) is 0. The summed E-state index contributed by atoms with van der Waals surface area (Å²) in [4.78, 5) is 12.7. The van der Waals surface area contributed by atoms with Crippen LogP contribution in [0.4, 0.5) is 18.0 Å². The van der Waals surface area contributed by atoms with Crippen LogP contribution < -0.4 is 5.73 Å². The number of hydrogen-bond donors (Lipinski definition) is 2. The molecule has 0 fully saturated rings. The first-order chi connectivity index (χ1) is 9.70. The van der Waals surface area contributed by atoms with Gasteiger partial charge in [-0.25, -0.2) is 4.79 Å². The minimum atomic E-state index is -4.08. The Morgan fingerprint density at radius 1 is 1.38 bits per heavy atom. The first-order valence-corrected chi connectivity index (χ1v) is 7.45. The second kappa shape index (κ2) is 7.65. The number of aryl methyl sites for hydroxylation is 1. The molecule has 1 atom stereocenters. The summed E-state index contributed by atoms with van der Waals surface area (Å²) in [6.07, 6.45) is -2.77. The number of carbonyl (C=O) groups is 1. The first kappa shape index (κ1) is 17.8. The van der Waals surface area contributed by atoms with Gasteiger partial charge in [0.1, 0.15) is 0 Å². The lowest BCUT2D eigenvalue weighted by molar-refractivity contribution is -0.135. The molecule has 1 unspecified atom stereocenters. The van der Waals surface area contributed by atoms with E-state index in [0.717, 1.165) is 9.75 Å². The fraction of sp³-hybridized carbons (Fsp3) is 0.615. The van der Waals surface area contributed by atoms with Crippen molar-refractivity contribution in [2.24, 2.45) is 5.73 Å². The summed E-state index contributed by atoms with van der Waals surface area (Å²) in [6, 6.07) is 2.18. The minimum absolute atomic E-state index is 0.143.